The summed E-state index contributed by atoms with van der Waals surface area (Å²) in [5.74, 6) is -0.711. The number of carbonyl (C=O) groups is 3. The lowest BCUT2D eigenvalue weighted by Gasteiger charge is -2.34. The van der Waals surface area contributed by atoms with Crippen molar-refractivity contribution in [1.82, 2.24) is 9.80 Å². The van der Waals surface area contributed by atoms with Crippen LogP contribution in [0.1, 0.15) is 24.5 Å². The molecule has 0 heterocycles. The topological polar surface area (TPSA) is 128 Å². The third-order valence-electron chi connectivity index (χ3n) is 7.20. The van der Waals surface area contributed by atoms with Crippen LogP contribution in [0, 0.1) is 0 Å². The van der Waals surface area contributed by atoms with Gasteiger partial charge < -0.3 is 30.7 Å². The van der Waals surface area contributed by atoms with E-state index >= 15 is 0 Å². The molecule has 3 atom stereocenters. The molecular weight excluding hydrogens is 508 g/mol. The molecule has 0 saturated carbocycles. The van der Waals surface area contributed by atoms with Crippen LogP contribution in [0.15, 0.2) is 66.7 Å². The molecule has 0 spiro atoms. The largest absolute Gasteiger partial charge is 0.497 e. The smallest absolute Gasteiger partial charge is 0.249 e. The number of carbonyl (C=O) groups excluding carboxylic acids is 3. The Kier molecular flexibility index (Phi) is 11.0. The average Bonchev–Trinajstić information content (AvgIpc) is 2.97. The third kappa shape index (κ3) is 8.03. The summed E-state index contributed by atoms with van der Waals surface area (Å²) in [7, 11) is 4.69. The van der Waals surface area contributed by atoms with Crippen molar-refractivity contribution in [2.75, 3.05) is 34.4 Å². The van der Waals surface area contributed by atoms with Crippen molar-refractivity contribution in [1.29, 1.82) is 0 Å². The first-order valence-electron chi connectivity index (χ1n) is 13.4. The number of rotatable bonds is 14. The molecular formula is C31H40N4O5. The molecule has 40 heavy (non-hydrogen) atoms. The Morgan fingerprint density at radius 1 is 0.850 bits per heavy atom. The third-order valence-corrected chi connectivity index (χ3v) is 7.20. The van der Waals surface area contributed by atoms with Gasteiger partial charge in [-0.2, -0.15) is 0 Å². The van der Waals surface area contributed by atoms with Crippen molar-refractivity contribution in [3.05, 3.63) is 77.9 Å². The molecule has 3 amide bonds. The maximum atomic E-state index is 14.0. The summed E-state index contributed by atoms with van der Waals surface area (Å²) in [6.07, 6.45) is 1.19. The van der Waals surface area contributed by atoms with Gasteiger partial charge in [0, 0.05) is 33.0 Å². The van der Waals surface area contributed by atoms with E-state index in [9.17, 15) is 14.4 Å². The van der Waals surface area contributed by atoms with Crippen LogP contribution in [0.3, 0.4) is 0 Å². The summed E-state index contributed by atoms with van der Waals surface area (Å²) in [5, 5.41) is 2.10. The van der Waals surface area contributed by atoms with Gasteiger partial charge in [-0.15, -0.1) is 0 Å². The van der Waals surface area contributed by atoms with Crippen LogP contribution in [-0.2, 0) is 32.0 Å². The SMILES string of the molecule is CCC(N)COCC(=O)N(C)C(Cc1ccc2ccccc2c1)C(=O)N(C)C(Cc1ccc(OC)cc1)C(N)=O. The van der Waals surface area contributed by atoms with E-state index in [2.05, 4.69) is 0 Å². The highest BCUT2D eigenvalue weighted by atomic mass is 16.5. The minimum absolute atomic E-state index is 0.173. The highest BCUT2D eigenvalue weighted by Crippen LogP contribution is 2.20. The molecule has 9 nitrogen and oxygen atoms in total. The predicted molar refractivity (Wildman–Crippen MR) is 156 cm³/mol. The lowest BCUT2D eigenvalue weighted by molar-refractivity contribution is -0.148. The standard InChI is InChI=1S/C31H40N4O5/c1-5-25(32)19-40-20-29(36)34(2)28(18-22-10-13-23-8-6-7-9-24(23)16-22)31(38)35(3)27(30(33)37)17-21-11-14-26(39-4)15-12-21/h6-16,25,27-28H,5,17-20,32H2,1-4H3,(H2,33,37). The number of methoxy groups -OCH3 is 1. The Bertz CT molecular complexity index is 1300. The van der Waals surface area contributed by atoms with Crippen molar-refractivity contribution in [3.63, 3.8) is 0 Å². The van der Waals surface area contributed by atoms with Gasteiger partial charge in [0.25, 0.3) is 0 Å². The molecule has 0 fully saturated rings. The number of hydrogen-bond acceptors (Lipinski definition) is 6. The molecule has 4 N–H and O–H groups in total. The Labute approximate surface area is 236 Å². The summed E-state index contributed by atoms with van der Waals surface area (Å²) in [6.45, 7) is 1.97. The second-order valence-corrected chi connectivity index (χ2v) is 10.0. The molecule has 9 heteroatoms. The van der Waals surface area contributed by atoms with E-state index in [0.29, 0.717) is 5.75 Å². The van der Waals surface area contributed by atoms with Crippen molar-refractivity contribution in [3.8, 4) is 5.75 Å². The lowest BCUT2D eigenvalue weighted by atomic mass is 9.98. The van der Waals surface area contributed by atoms with Gasteiger partial charge in [0.2, 0.25) is 17.7 Å². The average molecular weight is 549 g/mol. The van der Waals surface area contributed by atoms with E-state index in [1.807, 2.05) is 61.5 Å². The minimum Gasteiger partial charge on any atom is -0.497 e. The van der Waals surface area contributed by atoms with Gasteiger partial charge >= 0.3 is 0 Å². The van der Waals surface area contributed by atoms with Gasteiger partial charge in [0.05, 0.1) is 13.7 Å². The number of benzene rings is 3. The number of likely N-dealkylation sites (N-methyl/N-ethyl adjacent to an activating group) is 2. The maximum absolute atomic E-state index is 14.0. The van der Waals surface area contributed by atoms with Crippen LogP contribution in [0.25, 0.3) is 10.8 Å². The summed E-state index contributed by atoms with van der Waals surface area (Å²) < 4.78 is 10.7. The first-order valence-corrected chi connectivity index (χ1v) is 13.4. The van der Waals surface area contributed by atoms with Gasteiger partial charge in [-0.05, 0) is 40.5 Å². The summed E-state index contributed by atoms with van der Waals surface area (Å²) in [5.41, 5.74) is 13.4. The number of nitrogens with two attached hydrogens (primary N) is 2. The van der Waals surface area contributed by atoms with Crippen molar-refractivity contribution < 1.29 is 23.9 Å². The van der Waals surface area contributed by atoms with E-state index < -0.39 is 23.9 Å². The molecule has 0 radical (unpaired) electrons. The number of fused-ring (bicyclic) bond motifs is 1. The zero-order valence-electron chi connectivity index (χ0n) is 23.7. The molecule has 3 aromatic rings. The zero-order chi connectivity index (χ0) is 29.2. The highest BCUT2D eigenvalue weighted by molar-refractivity contribution is 5.92. The number of nitrogens with zero attached hydrogens (tertiary/aromatic N) is 2. The number of hydrogen-bond donors (Lipinski definition) is 2. The van der Waals surface area contributed by atoms with Gasteiger partial charge in [0.15, 0.2) is 0 Å². The van der Waals surface area contributed by atoms with Crippen molar-refractivity contribution in [2.45, 2.75) is 44.3 Å². The molecule has 0 aliphatic carbocycles. The fourth-order valence-electron chi connectivity index (χ4n) is 4.47. The lowest BCUT2D eigenvalue weighted by Crippen LogP contribution is -2.55. The number of amides is 3. The summed E-state index contributed by atoms with van der Waals surface area (Å²) >= 11 is 0. The van der Waals surface area contributed by atoms with E-state index in [-0.39, 0.29) is 38.0 Å². The van der Waals surface area contributed by atoms with Crippen LogP contribution < -0.4 is 16.2 Å². The van der Waals surface area contributed by atoms with Gasteiger partial charge in [-0.1, -0.05) is 61.5 Å². The maximum Gasteiger partial charge on any atom is 0.249 e. The second-order valence-electron chi connectivity index (χ2n) is 10.0. The molecule has 3 aromatic carbocycles. The van der Waals surface area contributed by atoms with E-state index in [1.54, 1.807) is 33.3 Å². The first-order chi connectivity index (χ1) is 19.1. The van der Waals surface area contributed by atoms with Gasteiger partial charge in [-0.3, -0.25) is 14.4 Å². The Hall–Kier alpha value is -3.95. The van der Waals surface area contributed by atoms with Gasteiger partial charge in [-0.25, -0.2) is 0 Å². The normalized spacial score (nSPS) is 13.3. The Balaban J connectivity index is 1.86. The van der Waals surface area contributed by atoms with Crippen LogP contribution in [0.2, 0.25) is 0 Å². The van der Waals surface area contributed by atoms with Crippen molar-refractivity contribution >= 4 is 28.5 Å². The summed E-state index contributed by atoms with van der Waals surface area (Å²) in [4.78, 5) is 42.3. The van der Waals surface area contributed by atoms with Crippen LogP contribution in [-0.4, -0.2) is 80.1 Å². The van der Waals surface area contributed by atoms with Gasteiger partial charge in [0.1, 0.15) is 24.4 Å². The Morgan fingerprint density at radius 2 is 1.48 bits per heavy atom. The number of primary amides is 1. The molecule has 3 rings (SSSR count). The van der Waals surface area contributed by atoms with Crippen LogP contribution in [0.5, 0.6) is 5.75 Å². The van der Waals surface area contributed by atoms with Crippen molar-refractivity contribution in [2.24, 2.45) is 11.5 Å². The Morgan fingerprint density at radius 3 is 2.10 bits per heavy atom. The van der Waals surface area contributed by atoms with Crippen LogP contribution in [0.4, 0.5) is 0 Å². The quantitative estimate of drug-likeness (QED) is 0.319. The second kappa shape index (κ2) is 14.4. The van der Waals surface area contributed by atoms with E-state index in [4.69, 9.17) is 20.9 Å². The minimum atomic E-state index is -0.915. The molecule has 0 saturated heterocycles. The molecule has 0 aliphatic rings. The molecule has 0 aliphatic heterocycles. The molecule has 0 aromatic heterocycles. The van der Waals surface area contributed by atoms with Crippen LogP contribution >= 0.6 is 0 Å². The predicted octanol–water partition coefficient (Wildman–Crippen LogP) is 2.53. The molecule has 214 valence electrons. The van der Waals surface area contributed by atoms with E-state index in [0.717, 1.165) is 28.3 Å². The molecule has 3 unspecified atom stereocenters. The highest BCUT2D eigenvalue weighted by Gasteiger charge is 2.34. The fraction of sp³-hybridized carbons (Fsp3) is 0.387. The monoisotopic (exact) mass is 548 g/mol. The number of ether oxygens (including phenoxy) is 2. The zero-order valence-corrected chi connectivity index (χ0v) is 23.7. The van der Waals surface area contributed by atoms with E-state index in [1.165, 1.54) is 9.80 Å². The first kappa shape index (κ1) is 30.6. The summed E-state index contributed by atoms with van der Waals surface area (Å²) in [6, 6.07) is 19.1. The fourth-order valence-corrected chi connectivity index (χ4v) is 4.47. The molecule has 0 bridgehead atoms.